The lowest BCUT2D eigenvalue weighted by Crippen LogP contribution is -2.47. The van der Waals surface area contributed by atoms with Crippen molar-refractivity contribution < 1.29 is 19.1 Å². The topological polar surface area (TPSA) is 94.6 Å². The van der Waals surface area contributed by atoms with Gasteiger partial charge in [-0.25, -0.2) is 4.39 Å². The van der Waals surface area contributed by atoms with Gasteiger partial charge < -0.3 is 15.7 Å². The summed E-state index contributed by atoms with van der Waals surface area (Å²) in [5.74, 6) is -1.36. The Morgan fingerprint density at radius 3 is 2.47 bits per heavy atom. The number of nitrogens with zero attached hydrogens (tertiary/aromatic N) is 2. The first kappa shape index (κ1) is 26.4. The number of ketones is 1. The number of aromatic hydroxyl groups is 1. The molecule has 38 heavy (non-hydrogen) atoms. The van der Waals surface area contributed by atoms with Crippen molar-refractivity contribution in [1.82, 2.24) is 15.2 Å². The molecule has 2 aliphatic rings. The van der Waals surface area contributed by atoms with Crippen LogP contribution in [0.2, 0.25) is 5.02 Å². The van der Waals surface area contributed by atoms with Gasteiger partial charge in [-0.1, -0.05) is 17.7 Å². The average Bonchev–Trinajstić information content (AvgIpc) is 3.33. The van der Waals surface area contributed by atoms with E-state index in [2.05, 4.69) is 20.5 Å². The summed E-state index contributed by atoms with van der Waals surface area (Å²) in [7, 11) is 2.00. The Morgan fingerprint density at radius 2 is 1.82 bits per heavy atom. The first-order chi connectivity index (χ1) is 18.2. The number of likely N-dealkylation sites (N-methyl/N-ethyl adjacent to an activating group) is 1. The second kappa shape index (κ2) is 10.9. The summed E-state index contributed by atoms with van der Waals surface area (Å²) in [6.07, 6.45) is 6.97. The number of phenolic OH excluding ortho intramolecular Hbond substituents is 1. The van der Waals surface area contributed by atoms with Gasteiger partial charge in [0, 0.05) is 23.7 Å². The van der Waals surface area contributed by atoms with Crippen molar-refractivity contribution >= 4 is 39.9 Å². The molecule has 1 aromatic heterocycles. The molecule has 3 aromatic rings. The van der Waals surface area contributed by atoms with Crippen LogP contribution < -0.4 is 10.6 Å². The van der Waals surface area contributed by atoms with E-state index in [0.29, 0.717) is 27.9 Å². The summed E-state index contributed by atoms with van der Waals surface area (Å²) < 4.78 is 14.2. The van der Waals surface area contributed by atoms with Gasteiger partial charge in [-0.15, -0.1) is 0 Å². The van der Waals surface area contributed by atoms with E-state index in [4.69, 9.17) is 11.6 Å². The highest BCUT2D eigenvalue weighted by Crippen LogP contribution is 2.36. The SMILES string of the molecule is CC(=O)c1cnc2ccc(-c3cc(F)c(O)c(Cl)c3)cc2c1NC1CCC(NC(=O)C2CCCN2C)CC1. The number of likely N-dealkylation sites (tertiary alicyclic amines) is 1. The van der Waals surface area contributed by atoms with E-state index < -0.39 is 11.6 Å². The number of carbonyl (C=O) groups excluding carboxylic acids is 2. The average molecular weight is 539 g/mol. The molecule has 7 nitrogen and oxygen atoms in total. The first-order valence-corrected chi connectivity index (χ1v) is 13.5. The fraction of sp³-hybridized carbons (Fsp3) is 0.414. The monoisotopic (exact) mass is 538 g/mol. The number of Topliss-reactive ketones (excluding diaryl/α,β-unsaturated/α-hetero) is 1. The molecule has 1 saturated heterocycles. The van der Waals surface area contributed by atoms with E-state index in [0.717, 1.165) is 50.5 Å². The summed E-state index contributed by atoms with van der Waals surface area (Å²) in [4.78, 5) is 31.8. The number of benzene rings is 2. The lowest BCUT2D eigenvalue weighted by atomic mass is 9.90. The van der Waals surface area contributed by atoms with Crippen LogP contribution in [0, 0.1) is 5.82 Å². The molecule has 0 bridgehead atoms. The number of nitrogens with one attached hydrogen (secondary N) is 2. The number of amides is 1. The smallest absolute Gasteiger partial charge is 0.237 e. The Morgan fingerprint density at radius 1 is 1.08 bits per heavy atom. The van der Waals surface area contributed by atoms with Gasteiger partial charge in [0.15, 0.2) is 17.3 Å². The van der Waals surface area contributed by atoms with Gasteiger partial charge in [0.25, 0.3) is 0 Å². The molecule has 2 heterocycles. The number of fused-ring (bicyclic) bond motifs is 1. The number of aromatic nitrogens is 1. The lowest BCUT2D eigenvalue weighted by molar-refractivity contribution is -0.126. The van der Waals surface area contributed by atoms with Crippen LogP contribution in [-0.4, -0.2) is 58.4 Å². The summed E-state index contributed by atoms with van der Waals surface area (Å²) in [5.41, 5.74) is 3.09. The number of carbonyl (C=O) groups is 2. The Hall–Kier alpha value is -3.23. The molecule has 2 aromatic carbocycles. The summed E-state index contributed by atoms with van der Waals surface area (Å²) in [6, 6.07) is 8.49. The molecule has 0 spiro atoms. The number of rotatable bonds is 6. The molecule has 1 aliphatic carbocycles. The van der Waals surface area contributed by atoms with Gasteiger partial charge in [-0.2, -0.15) is 0 Å². The number of pyridine rings is 1. The number of anilines is 1. The Kier molecular flexibility index (Phi) is 7.54. The highest BCUT2D eigenvalue weighted by atomic mass is 35.5. The quantitative estimate of drug-likeness (QED) is 0.357. The Bertz CT molecular complexity index is 1370. The van der Waals surface area contributed by atoms with Crippen LogP contribution in [0.4, 0.5) is 10.1 Å². The van der Waals surface area contributed by atoms with Gasteiger partial charge in [0.05, 0.1) is 27.8 Å². The maximum Gasteiger partial charge on any atom is 0.237 e. The van der Waals surface area contributed by atoms with Crippen molar-refractivity contribution in [2.45, 2.75) is 63.6 Å². The van der Waals surface area contributed by atoms with Crippen LogP contribution in [0.25, 0.3) is 22.0 Å². The van der Waals surface area contributed by atoms with E-state index >= 15 is 0 Å². The number of halogens is 2. The maximum absolute atomic E-state index is 14.2. The highest BCUT2D eigenvalue weighted by molar-refractivity contribution is 6.32. The van der Waals surface area contributed by atoms with Crippen LogP contribution in [0.5, 0.6) is 5.75 Å². The van der Waals surface area contributed by atoms with Crippen LogP contribution in [0.3, 0.4) is 0 Å². The fourth-order valence-electron chi connectivity index (χ4n) is 5.65. The number of hydrogen-bond acceptors (Lipinski definition) is 6. The van der Waals surface area contributed by atoms with Gasteiger partial charge in [-0.05, 0) is 94.4 Å². The third-order valence-corrected chi connectivity index (χ3v) is 8.13. The van der Waals surface area contributed by atoms with Crippen molar-refractivity contribution in [2.24, 2.45) is 0 Å². The number of phenols is 1. The Labute approximate surface area is 226 Å². The molecule has 5 rings (SSSR count). The molecular weight excluding hydrogens is 507 g/mol. The molecule has 0 radical (unpaired) electrons. The molecule has 1 saturated carbocycles. The third-order valence-electron chi connectivity index (χ3n) is 7.84. The minimum atomic E-state index is -0.801. The minimum absolute atomic E-state index is 0.0294. The summed E-state index contributed by atoms with van der Waals surface area (Å²) in [5, 5.41) is 17.2. The predicted molar refractivity (Wildman–Crippen MR) is 147 cm³/mol. The highest BCUT2D eigenvalue weighted by Gasteiger charge is 2.31. The normalized spacial score (nSPS) is 21.9. The maximum atomic E-state index is 14.2. The predicted octanol–water partition coefficient (Wildman–Crippen LogP) is 5.54. The molecule has 1 atom stereocenters. The van der Waals surface area contributed by atoms with Gasteiger partial charge in [0.1, 0.15) is 0 Å². The molecule has 1 unspecified atom stereocenters. The second-order valence-electron chi connectivity index (χ2n) is 10.5. The summed E-state index contributed by atoms with van der Waals surface area (Å²) in [6.45, 7) is 2.48. The van der Waals surface area contributed by atoms with Crippen LogP contribution in [-0.2, 0) is 4.79 Å². The molecule has 3 N–H and O–H groups in total. The zero-order valence-electron chi connectivity index (χ0n) is 21.6. The largest absolute Gasteiger partial charge is 0.504 e. The van der Waals surface area contributed by atoms with E-state index in [1.165, 1.54) is 19.1 Å². The van der Waals surface area contributed by atoms with E-state index in [1.54, 1.807) is 6.20 Å². The van der Waals surface area contributed by atoms with Crippen LogP contribution in [0.1, 0.15) is 55.8 Å². The Balaban J connectivity index is 1.37. The number of hydrogen-bond donors (Lipinski definition) is 3. The fourth-order valence-corrected chi connectivity index (χ4v) is 5.86. The van der Waals surface area contributed by atoms with Crippen molar-refractivity contribution in [3.8, 4) is 16.9 Å². The molecule has 2 fully saturated rings. The minimum Gasteiger partial charge on any atom is -0.504 e. The van der Waals surface area contributed by atoms with Gasteiger partial charge in [0.2, 0.25) is 5.91 Å². The second-order valence-corrected chi connectivity index (χ2v) is 10.9. The molecule has 1 amide bonds. The van der Waals surface area contributed by atoms with Crippen molar-refractivity contribution in [3.05, 3.63) is 52.9 Å². The molecule has 200 valence electrons. The first-order valence-electron chi connectivity index (χ1n) is 13.1. The summed E-state index contributed by atoms with van der Waals surface area (Å²) >= 11 is 6.01. The van der Waals surface area contributed by atoms with E-state index in [-0.39, 0.29) is 34.8 Å². The van der Waals surface area contributed by atoms with Crippen molar-refractivity contribution in [3.63, 3.8) is 0 Å². The van der Waals surface area contributed by atoms with Crippen molar-refractivity contribution in [2.75, 3.05) is 18.9 Å². The standard InChI is InChI=1S/C29H32ClFN4O3/c1-16(36)22-15-32-25-10-5-17(18-13-23(30)28(37)24(31)14-18)12-21(25)27(22)33-19-6-8-20(9-7-19)34-29(38)26-4-3-11-35(26)2/h5,10,12-15,19-20,26,37H,3-4,6-9,11H2,1-2H3,(H,32,33)(H,34,38). The molecular formula is C29H32ClFN4O3. The zero-order chi connectivity index (χ0) is 27.0. The van der Waals surface area contributed by atoms with E-state index in [1.807, 2.05) is 25.2 Å². The molecule has 9 heteroatoms. The van der Waals surface area contributed by atoms with Crippen molar-refractivity contribution in [1.29, 1.82) is 0 Å². The molecule has 1 aliphatic heterocycles. The van der Waals surface area contributed by atoms with E-state index in [9.17, 15) is 19.1 Å². The van der Waals surface area contributed by atoms with Crippen LogP contribution in [0.15, 0.2) is 36.5 Å². The zero-order valence-corrected chi connectivity index (χ0v) is 22.3. The van der Waals surface area contributed by atoms with Crippen LogP contribution >= 0.6 is 11.6 Å². The third kappa shape index (κ3) is 5.33. The van der Waals surface area contributed by atoms with Gasteiger partial charge >= 0.3 is 0 Å². The lowest BCUT2D eigenvalue weighted by Gasteiger charge is -2.32. The van der Waals surface area contributed by atoms with Gasteiger partial charge in [-0.3, -0.25) is 19.5 Å².